The number of carbonyl (C=O) groups excluding carboxylic acids is 1. The van der Waals surface area contributed by atoms with Gasteiger partial charge in [-0.05, 0) is 35.8 Å². The molecule has 2 aliphatic carbocycles. The third-order valence-electron chi connectivity index (χ3n) is 6.22. The molecular formula is C18H24O5. The first-order valence-corrected chi connectivity index (χ1v) is 8.02. The van der Waals surface area contributed by atoms with Crippen molar-refractivity contribution < 1.29 is 24.9 Å². The van der Waals surface area contributed by atoms with Crippen LogP contribution in [0.5, 0.6) is 11.5 Å². The number of aliphatic hydroxyl groups is 2. The van der Waals surface area contributed by atoms with Crippen LogP contribution in [0, 0.1) is 11.3 Å². The smallest absolute Gasteiger partial charge is 0.168 e. The number of phenols is 1. The Bertz CT molecular complexity index is 655. The fourth-order valence-electron chi connectivity index (χ4n) is 4.67. The highest BCUT2D eigenvalue weighted by atomic mass is 16.5. The lowest BCUT2D eigenvalue weighted by molar-refractivity contribution is -0.0814. The average molecular weight is 320 g/mol. The van der Waals surface area contributed by atoms with Gasteiger partial charge >= 0.3 is 0 Å². The normalized spacial score (nSPS) is 36.3. The summed E-state index contributed by atoms with van der Waals surface area (Å²) in [5.41, 5.74) is -0.187. The highest BCUT2D eigenvalue weighted by molar-refractivity contribution is 6.02. The lowest BCUT2D eigenvalue weighted by Gasteiger charge is -2.56. The lowest BCUT2D eigenvalue weighted by atomic mass is 9.48. The van der Waals surface area contributed by atoms with Crippen LogP contribution in [0.25, 0.3) is 0 Å². The third-order valence-corrected chi connectivity index (χ3v) is 6.22. The van der Waals surface area contributed by atoms with Crippen LogP contribution >= 0.6 is 0 Å². The number of Topliss-reactive ketones (excluding diaryl/α,β-unsaturated/α-hetero) is 1. The van der Waals surface area contributed by atoms with E-state index in [1.807, 2.05) is 13.8 Å². The van der Waals surface area contributed by atoms with E-state index in [-0.39, 0.29) is 41.8 Å². The first-order chi connectivity index (χ1) is 10.8. The summed E-state index contributed by atoms with van der Waals surface area (Å²) < 4.78 is 5.11. The molecule has 0 radical (unpaired) electrons. The van der Waals surface area contributed by atoms with Gasteiger partial charge in [-0.25, -0.2) is 0 Å². The molecule has 1 saturated carbocycles. The minimum Gasteiger partial charge on any atom is -0.504 e. The number of aromatic hydroxyl groups is 1. The Morgan fingerprint density at radius 3 is 2.65 bits per heavy atom. The maximum absolute atomic E-state index is 12.7. The van der Waals surface area contributed by atoms with E-state index in [9.17, 15) is 20.1 Å². The Labute approximate surface area is 135 Å². The zero-order chi connectivity index (χ0) is 17.0. The minimum absolute atomic E-state index is 0.0231. The monoisotopic (exact) mass is 320 g/mol. The number of ether oxygens (including phenoxy) is 1. The van der Waals surface area contributed by atoms with Crippen LogP contribution in [0.2, 0.25) is 0 Å². The summed E-state index contributed by atoms with van der Waals surface area (Å²) >= 11 is 0. The van der Waals surface area contributed by atoms with Crippen molar-refractivity contribution in [2.45, 2.75) is 44.6 Å². The van der Waals surface area contributed by atoms with Gasteiger partial charge in [-0.15, -0.1) is 0 Å². The molecule has 0 saturated heterocycles. The molecule has 2 aliphatic rings. The van der Waals surface area contributed by atoms with E-state index in [0.29, 0.717) is 18.4 Å². The van der Waals surface area contributed by atoms with Crippen molar-refractivity contribution in [2.75, 3.05) is 13.7 Å². The molecule has 0 aromatic heterocycles. The second-order valence-corrected chi connectivity index (χ2v) is 7.37. The predicted molar refractivity (Wildman–Crippen MR) is 84.9 cm³/mol. The summed E-state index contributed by atoms with van der Waals surface area (Å²) in [6.45, 7) is 3.89. The summed E-state index contributed by atoms with van der Waals surface area (Å²) in [7, 11) is 1.44. The van der Waals surface area contributed by atoms with Gasteiger partial charge < -0.3 is 20.1 Å². The van der Waals surface area contributed by atoms with E-state index in [1.165, 1.54) is 7.11 Å². The van der Waals surface area contributed by atoms with Crippen molar-refractivity contribution in [2.24, 2.45) is 11.3 Å². The standard InChI is InChI=1S/C18H24O5/c1-17(9-19)7-6-14(21)18(2)10-4-5-12(23-3)16(22)15(10)11(20)8-13(17)18/h4-5,13-14,19,21-22H,6-9H2,1-3H3/t13-,14+,17-,18+/m0/s1. The Morgan fingerprint density at radius 1 is 1.35 bits per heavy atom. The third kappa shape index (κ3) is 2.03. The number of fused-ring (bicyclic) bond motifs is 3. The largest absolute Gasteiger partial charge is 0.504 e. The van der Waals surface area contributed by atoms with Gasteiger partial charge in [-0.2, -0.15) is 0 Å². The van der Waals surface area contributed by atoms with E-state index in [0.717, 1.165) is 0 Å². The zero-order valence-electron chi connectivity index (χ0n) is 13.8. The number of methoxy groups -OCH3 is 1. The molecule has 23 heavy (non-hydrogen) atoms. The van der Waals surface area contributed by atoms with Crippen LogP contribution in [-0.2, 0) is 5.41 Å². The number of aliphatic hydroxyl groups excluding tert-OH is 2. The van der Waals surface area contributed by atoms with Gasteiger partial charge in [0.2, 0.25) is 0 Å². The van der Waals surface area contributed by atoms with Gasteiger partial charge in [0.05, 0.1) is 18.8 Å². The number of benzene rings is 1. The molecule has 0 spiro atoms. The van der Waals surface area contributed by atoms with E-state index >= 15 is 0 Å². The molecule has 5 nitrogen and oxygen atoms in total. The van der Waals surface area contributed by atoms with Gasteiger partial charge in [-0.1, -0.05) is 19.9 Å². The molecule has 1 aromatic rings. The van der Waals surface area contributed by atoms with Crippen molar-refractivity contribution in [3.63, 3.8) is 0 Å². The number of hydrogen-bond acceptors (Lipinski definition) is 5. The van der Waals surface area contributed by atoms with E-state index in [4.69, 9.17) is 4.74 Å². The Morgan fingerprint density at radius 2 is 2.04 bits per heavy atom. The van der Waals surface area contributed by atoms with Crippen molar-refractivity contribution in [3.05, 3.63) is 23.3 Å². The first kappa shape index (κ1) is 16.3. The summed E-state index contributed by atoms with van der Waals surface area (Å²) in [5, 5.41) is 31.0. The lowest BCUT2D eigenvalue weighted by Crippen LogP contribution is -2.58. The van der Waals surface area contributed by atoms with E-state index in [1.54, 1.807) is 12.1 Å². The highest BCUT2D eigenvalue weighted by Gasteiger charge is 2.58. The number of ketones is 1. The summed E-state index contributed by atoms with van der Waals surface area (Å²) in [5.74, 6) is -0.225. The second-order valence-electron chi connectivity index (χ2n) is 7.37. The molecule has 0 bridgehead atoms. The molecule has 5 heteroatoms. The predicted octanol–water partition coefficient (Wildman–Crippen LogP) is 2.01. The Balaban J connectivity index is 2.25. The number of carbonyl (C=O) groups is 1. The molecule has 0 unspecified atom stereocenters. The molecule has 3 N–H and O–H groups in total. The maximum Gasteiger partial charge on any atom is 0.168 e. The molecule has 0 amide bonds. The highest BCUT2D eigenvalue weighted by Crippen LogP contribution is 2.58. The molecule has 0 aliphatic heterocycles. The van der Waals surface area contributed by atoms with Crippen LogP contribution < -0.4 is 4.74 Å². The Kier molecular flexibility index (Phi) is 3.69. The summed E-state index contributed by atoms with van der Waals surface area (Å²) in [6.07, 6.45) is 0.824. The van der Waals surface area contributed by atoms with Crippen molar-refractivity contribution in [3.8, 4) is 11.5 Å². The van der Waals surface area contributed by atoms with Crippen LogP contribution in [0.3, 0.4) is 0 Å². The molecule has 0 heterocycles. The number of hydrogen-bond donors (Lipinski definition) is 3. The van der Waals surface area contributed by atoms with Gasteiger partial charge in [0, 0.05) is 18.4 Å². The summed E-state index contributed by atoms with van der Waals surface area (Å²) in [6, 6.07) is 3.40. The maximum atomic E-state index is 12.7. The quantitative estimate of drug-likeness (QED) is 0.776. The first-order valence-electron chi connectivity index (χ1n) is 8.02. The van der Waals surface area contributed by atoms with E-state index < -0.39 is 16.9 Å². The zero-order valence-corrected chi connectivity index (χ0v) is 13.8. The van der Waals surface area contributed by atoms with Gasteiger partial charge in [-0.3, -0.25) is 4.79 Å². The van der Waals surface area contributed by atoms with Crippen LogP contribution in [0.4, 0.5) is 0 Å². The SMILES string of the molecule is COc1ccc2c(c1O)C(=O)C[C@H]1[C@](C)(CO)CC[C@@H](O)[C@]21C. The van der Waals surface area contributed by atoms with Gasteiger partial charge in [0.1, 0.15) is 0 Å². The minimum atomic E-state index is -0.678. The molecule has 4 atom stereocenters. The van der Waals surface area contributed by atoms with Crippen LogP contribution in [0.15, 0.2) is 12.1 Å². The van der Waals surface area contributed by atoms with Gasteiger partial charge in [0.25, 0.3) is 0 Å². The fraction of sp³-hybridized carbons (Fsp3) is 0.611. The number of phenolic OH excluding ortho intramolecular Hbond substituents is 1. The molecular weight excluding hydrogens is 296 g/mol. The van der Waals surface area contributed by atoms with Crippen molar-refractivity contribution in [1.82, 2.24) is 0 Å². The molecule has 3 rings (SSSR count). The van der Waals surface area contributed by atoms with Gasteiger partial charge in [0.15, 0.2) is 17.3 Å². The van der Waals surface area contributed by atoms with E-state index in [2.05, 4.69) is 0 Å². The van der Waals surface area contributed by atoms with Crippen LogP contribution in [0.1, 0.15) is 49.0 Å². The molecule has 126 valence electrons. The topological polar surface area (TPSA) is 87.0 Å². The second kappa shape index (κ2) is 5.21. The Hall–Kier alpha value is -1.59. The van der Waals surface area contributed by atoms with Crippen LogP contribution in [-0.4, -0.2) is 40.9 Å². The average Bonchev–Trinajstić information content (AvgIpc) is 2.54. The molecule has 1 aromatic carbocycles. The van der Waals surface area contributed by atoms with Crippen molar-refractivity contribution >= 4 is 5.78 Å². The summed E-state index contributed by atoms with van der Waals surface area (Å²) in [4.78, 5) is 12.7. The fourth-order valence-corrected chi connectivity index (χ4v) is 4.67. The number of rotatable bonds is 2. The molecule has 1 fully saturated rings. The van der Waals surface area contributed by atoms with Crippen molar-refractivity contribution in [1.29, 1.82) is 0 Å².